The van der Waals surface area contributed by atoms with Crippen LogP contribution in [0.25, 0.3) is 11.4 Å². The number of aromatic nitrogens is 4. The van der Waals surface area contributed by atoms with Crippen molar-refractivity contribution < 1.29 is 9.21 Å². The highest BCUT2D eigenvalue weighted by atomic mass is 16.3. The summed E-state index contributed by atoms with van der Waals surface area (Å²) in [5, 5.41) is 0. The normalized spacial score (nSPS) is 15.1. The molecule has 1 fully saturated rings. The molecular weight excluding hydrogens is 346 g/mol. The van der Waals surface area contributed by atoms with Crippen LogP contribution in [0.5, 0.6) is 0 Å². The average molecular weight is 365 g/mol. The summed E-state index contributed by atoms with van der Waals surface area (Å²) >= 11 is 0. The van der Waals surface area contributed by atoms with Crippen molar-refractivity contribution in [3.63, 3.8) is 0 Å². The van der Waals surface area contributed by atoms with Crippen molar-refractivity contribution in [1.82, 2.24) is 19.5 Å². The van der Waals surface area contributed by atoms with Gasteiger partial charge in [-0.1, -0.05) is 0 Å². The first-order valence-electron chi connectivity index (χ1n) is 8.80. The Labute approximate surface area is 155 Å². The van der Waals surface area contributed by atoms with Crippen molar-refractivity contribution >= 4 is 11.7 Å². The summed E-state index contributed by atoms with van der Waals surface area (Å²) in [6, 6.07) is 6.62. The molecular formula is C19H19N5O3. The molecule has 1 aliphatic heterocycles. The van der Waals surface area contributed by atoms with Crippen molar-refractivity contribution in [3.8, 4) is 11.4 Å². The van der Waals surface area contributed by atoms with Crippen LogP contribution in [0, 0.1) is 5.92 Å². The number of nitrogens with zero attached hydrogens (tertiary/aromatic N) is 5. The fourth-order valence-electron chi connectivity index (χ4n) is 3.35. The average Bonchev–Trinajstić information content (AvgIpc) is 3.25. The van der Waals surface area contributed by atoms with Gasteiger partial charge < -0.3 is 9.32 Å². The summed E-state index contributed by atoms with van der Waals surface area (Å²) in [6.07, 6.45) is 5.94. The number of hydrogen-bond donors (Lipinski definition) is 0. The Balaban J connectivity index is 1.55. The molecule has 0 radical (unpaired) electrons. The molecule has 0 aromatic carbocycles. The second-order valence-corrected chi connectivity index (χ2v) is 6.54. The lowest BCUT2D eigenvalue weighted by atomic mass is 9.91. The van der Waals surface area contributed by atoms with Gasteiger partial charge >= 0.3 is 0 Å². The van der Waals surface area contributed by atoms with Crippen molar-refractivity contribution in [2.75, 3.05) is 18.0 Å². The topological polar surface area (TPSA) is 94.1 Å². The Hall–Kier alpha value is -3.29. The summed E-state index contributed by atoms with van der Waals surface area (Å²) in [5.74, 6) is 0.954. The Morgan fingerprint density at radius 3 is 2.70 bits per heavy atom. The van der Waals surface area contributed by atoms with Crippen LogP contribution in [0.1, 0.15) is 23.4 Å². The Morgan fingerprint density at radius 2 is 2.04 bits per heavy atom. The number of rotatable bonds is 4. The molecule has 0 saturated carbocycles. The predicted molar refractivity (Wildman–Crippen MR) is 98.5 cm³/mol. The number of carbonyl (C=O) groups excluding carboxylic acids is 1. The number of Topliss-reactive ketones (excluding diaryl/α,β-unsaturated/α-hetero) is 1. The standard InChI is InChI=1S/C19H19N5O3/c1-23-17(25)11-15(14-4-7-20-12-21-14)22-19(23)24-8-5-13(6-9-24)18(26)16-3-2-10-27-16/h2-4,7,10-13H,5-6,8-9H2,1H3. The number of piperidine rings is 1. The maximum Gasteiger partial charge on any atom is 0.255 e. The van der Waals surface area contributed by atoms with Crippen molar-refractivity contribution in [2.45, 2.75) is 12.8 Å². The lowest BCUT2D eigenvalue weighted by Crippen LogP contribution is -2.39. The summed E-state index contributed by atoms with van der Waals surface area (Å²) in [6.45, 7) is 1.29. The highest BCUT2D eigenvalue weighted by Crippen LogP contribution is 2.25. The quantitative estimate of drug-likeness (QED) is 0.652. The molecule has 8 nitrogen and oxygen atoms in total. The van der Waals surface area contributed by atoms with Crippen LogP contribution in [-0.2, 0) is 7.05 Å². The number of ketones is 1. The SMILES string of the molecule is Cn1c(N2CCC(C(=O)c3ccco3)CC2)nc(-c2ccncn2)cc1=O. The van der Waals surface area contributed by atoms with Gasteiger partial charge in [-0.3, -0.25) is 14.2 Å². The smallest absolute Gasteiger partial charge is 0.255 e. The van der Waals surface area contributed by atoms with Crippen LogP contribution in [0.2, 0.25) is 0 Å². The largest absolute Gasteiger partial charge is 0.461 e. The predicted octanol–water partition coefficient (Wildman–Crippen LogP) is 1.93. The molecule has 0 N–H and O–H groups in total. The lowest BCUT2D eigenvalue weighted by Gasteiger charge is -2.32. The molecule has 138 valence electrons. The van der Waals surface area contributed by atoms with E-state index in [0.717, 1.165) is 0 Å². The van der Waals surface area contributed by atoms with Gasteiger partial charge in [0.2, 0.25) is 11.7 Å². The summed E-state index contributed by atoms with van der Waals surface area (Å²) < 4.78 is 6.75. The highest BCUT2D eigenvalue weighted by Gasteiger charge is 2.28. The third-order valence-electron chi connectivity index (χ3n) is 4.87. The molecule has 8 heteroatoms. The van der Waals surface area contributed by atoms with Gasteiger partial charge in [-0.25, -0.2) is 15.0 Å². The molecule has 0 bridgehead atoms. The van der Waals surface area contributed by atoms with E-state index in [1.54, 1.807) is 31.4 Å². The zero-order valence-corrected chi connectivity index (χ0v) is 14.9. The van der Waals surface area contributed by atoms with Crippen molar-refractivity contribution in [1.29, 1.82) is 0 Å². The van der Waals surface area contributed by atoms with Crippen LogP contribution >= 0.6 is 0 Å². The van der Waals surface area contributed by atoms with E-state index in [4.69, 9.17) is 4.42 Å². The van der Waals surface area contributed by atoms with E-state index in [1.807, 2.05) is 4.90 Å². The maximum absolute atomic E-state index is 12.5. The van der Waals surface area contributed by atoms with Crippen LogP contribution < -0.4 is 10.5 Å². The Bertz CT molecular complexity index is 990. The molecule has 3 aromatic heterocycles. The molecule has 0 unspecified atom stereocenters. The minimum absolute atomic E-state index is 0.0382. The summed E-state index contributed by atoms with van der Waals surface area (Å²) in [7, 11) is 1.70. The van der Waals surface area contributed by atoms with Crippen LogP contribution in [0.15, 0.2) is 52.3 Å². The van der Waals surface area contributed by atoms with Gasteiger partial charge in [-0.05, 0) is 31.0 Å². The molecule has 3 aromatic rings. The Kier molecular flexibility index (Phi) is 4.53. The highest BCUT2D eigenvalue weighted by molar-refractivity contribution is 5.95. The number of furan rings is 1. The van der Waals surface area contributed by atoms with Gasteiger partial charge in [0, 0.05) is 38.3 Å². The van der Waals surface area contributed by atoms with E-state index < -0.39 is 0 Å². The summed E-state index contributed by atoms with van der Waals surface area (Å²) in [4.78, 5) is 39.6. The van der Waals surface area contributed by atoms with E-state index in [2.05, 4.69) is 15.0 Å². The molecule has 1 saturated heterocycles. The molecule has 4 rings (SSSR count). The van der Waals surface area contributed by atoms with Crippen molar-refractivity contribution in [3.05, 3.63) is 59.2 Å². The molecule has 0 spiro atoms. The van der Waals surface area contributed by atoms with E-state index in [9.17, 15) is 9.59 Å². The van der Waals surface area contributed by atoms with Crippen LogP contribution in [0.3, 0.4) is 0 Å². The number of carbonyl (C=O) groups is 1. The third-order valence-corrected chi connectivity index (χ3v) is 4.87. The second kappa shape index (κ2) is 7.14. The van der Waals surface area contributed by atoms with E-state index in [1.165, 1.54) is 23.2 Å². The molecule has 4 heterocycles. The zero-order valence-electron chi connectivity index (χ0n) is 14.9. The molecule has 0 atom stereocenters. The molecule has 0 aliphatic carbocycles. The summed E-state index contributed by atoms with van der Waals surface area (Å²) in [5.41, 5.74) is 0.971. The van der Waals surface area contributed by atoms with Crippen LogP contribution in [-0.4, -0.2) is 38.4 Å². The first-order chi connectivity index (χ1) is 13.1. The van der Waals surface area contributed by atoms with Crippen LogP contribution in [0.4, 0.5) is 5.95 Å². The van der Waals surface area contributed by atoms with E-state index in [-0.39, 0.29) is 17.3 Å². The zero-order chi connectivity index (χ0) is 18.8. The first kappa shape index (κ1) is 17.1. The third kappa shape index (κ3) is 3.38. The minimum atomic E-state index is -0.151. The fourth-order valence-corrected chi connectivity index (χ4v) is 3.35. The van der Waals surface area contributed by atoms with Gasteiger partial charge in [-0.15, -0.1) is 0 Å². The second-order valence-electron chi connectivity index (χ2n) is 6.54. The van der Waals surface area contributed by atoms with Crippen molar-refractivity contribution in [2.24, 2.45) is 13.0 Å². The van der Waals surface area contributed by atoms with Gasteiger partial charge in [0.25, 0.3) is 5.56 Å². The maximum atomic E-state index is 12.5. The van der Waals surface area contributed by atoms with Gasteiger partial charge in [-0.2, -0.15) is 0 Å². The lowest BCUT2D eigenvalue weighted by molar-refractivity contribution is 0.0871. The van der Waals surface area contributed by atoms with Gasteiger partial charge in [0.05, 0.1) is 17.7 Å². The number of hydrogen-bond acceptors (Lipinski definition) is 7. The molecule has 27 heavy (non-hydrogen) atoms. The van der Waals surface area contributed by atoms with E-state index >= 15 is 0 Å². The number of anilines is 1. The van der Waals surface area contributed by atoms with Gasteiger partial charge in [0.15, 0.2) is 5.76 Å². The monoisotopic (exact) mass is 365 g/mol. The molecule has 1 aliphatic rings. The fraction of sp³-hybridized carbons (Fsp3) is 0.316. The first-order valence-corrected chi connectivity index (χ1v) is 8.80. The van der Waals surface area contributed by atoms with Gasteiger partial charge in [0.1, 0.15) is 6.33 Å². The Morgan fingerprint density at radius 1 is 1.22 bits per heavy atom. The molecule has 0 amide bonds. The van der Waals surface area contributed by atoms with E-state index in [0.29, 0.717) is 49.0 Å². The minimum Gasteiger partial charge on any atom is -0.461 e.